The number of hydrogen-bond donors (Lipinski definition) is 1. The Hall–Kier alpha value is -4.97. The van der Waals surface area contributed by atoms with Crippen LogP contribution in [-0.2, 0) is 11.3 Å². The number of likely N-dealkylation sites (tertiary alicyclic amines) is 1. The van der Waals surface area contributed by atoms with Crippen molar-refractivity contribution in [2.24, 2.45) is 11.3 Å². The smallest absolute Gasteiger partial charge is 0.391 e. The number of piperidine rings is 1. The third kappa shape index (κ3) is 6.62. The summed E-state index contributed by atoms with van der Waals surface area (Å²) in [7, 11) is 0. The van der Waals surface area contributed by atoms with Crippen molar-refractivity contribution in [2.75, 3.05) is 44.2 Å². The highest BCUT2D eigenvalue weighted by Gasteiger charge is 2.48. The molecule has 0 spiro atoms. The molecule has 4 aromatic rings. The van der Waals surface area contributed by atoms with Gasteiger partial charge in [-0.2, -0.15) is 23.1 Å². The number of anilines is 1. The summed E-state index contributed by atoms with van der Waals surface area (Å²) in [6, 6.07) is 5.31. The van der Waals surface area contributed by atoms with Crippen molar-refractivity contribution in [1.82, 2.24) is 29.3 Å². The molecule has 8 rings (SSSR count). The number of carbonyl (C=O) groups is 1. The van der Waals surface area contributed by atoms with Crippen LogP contribution >= 0.6 is 0 Å². The number of fused-ring (bicyclic) bond motifs is 4. The Labute approximate surface area is 302 Å². The Kier molecular flexibility index (Phi) is 8.71. The molecule has 5 heterocycles. The van der Waals surface area contributed by atoms with Crippen LogP contribution in [0, 0.1) is 29.5 Å². The van der Waals surface area contributed by atoms with E-state index in [1.54, 1.807) is 21.9 Å². The average molecular weight is 736 g/mol. The molecule has 2 aromatic carbocycles. The zero-order chi connectivity index (χ0) is 37.2. The van der Waals surface area contributed by atoms with Crippen LogP contribution in [0.3, 0.4) is 0 Å². The first-order chi connectivity index (χ1) is 25.3. The topological polar surface area (TPSA) is 99.9 Å². The van der Waals surface area contributed by atoms with Gasteiger partial charge in [-0.15, -0.1) is 6.42 Å². The molecule has 0 radical (unpaired) electrons. The number of benzene rings is 2. The number of alkyl halides is 3. The largest absolute Gasteiger partial charge is 0.508 e. The first kappa shape index (κ1) is 35.1. The van der Waals surface area contributed by atoms with Crippen LogP contribution in [0.5, 0.6) is 11.6 Å². The fourth-order valence-electron chi connectivity index (χ4n) is 8.40. The number of nitrogens with zero attached hydrogens (tertiary/aromatic N) is 7. The van der Waals surface area contributed by atoms with Crippen LogP contribution in [0.1, 0.15) is 49.7 Å². The zero-order valence-electron chi connectivity index (χ0n) is 28.9. The van der Waals surface area contributed by atoms with Gasteiger partial charge in [-0.25, -0.2) is 13.8 Å². The number of phenolic OH excluding ortho intramolecular Hbond substituents is 1. The van der Waals surface area contributed by atoms with Gasteiger partial charge >= 0.3 is 6.18 Å². The Morgan fingerprint density at radius 3 is 2.45 bits per heavy atom. The van der Waals surface area contributed by atoms with E-state index in [2.05, 4.69) is 22.4 Å². The molecule has 3 aliphatic heterocycles. The number of halogens is 5. The number of amides is 1. The maximum Gasteiger partial charge on any atom is 0.391 e. The van der Waals surface area contributed by atoms with E-state index < -0.39 is 29.6 Å². The third-order valence-corrected chi connectivity index (χ3v) is 11.4. The normalized spacial score (nSPS) is 21.7. The molecule has 1 amide bonds. The Balaban J connectivity index is 1.11. The van der Waals surface area contributed by atoms with Gasteiger partial charge in [0, 0.05) is 30.4 Å². The summed E-state index contributed by atoms with van der Waals surface area (Å²) in [4.78, 5) is 32.6. The summed E-state index contributed by atoms with van der Waals surface area (Å²) in [6.45, 7) is 5.67. The van der Waals surface area contributed by atoms with Crippen LogP contribution in [-0.4, -0.2) is 97.9 Å². The number of ether oxygens (including phenoxy) is 1. The van der Waals surface area contributed by atoms with Crippen LogP contribution in [0.2, 0.25) is 0 Å². The highest BCUT2D eigenvalue weighted by Crippen LogP contribution is 2.48. The van der Waals surface area contributed by atoms with Crippen molar-refractivity contribution in [3.05, 3.63) is 59.9 Å². The fourth-order valence-corrected chi connectivity index (χ4v) is 8.40. The van der Waals surface area contributed by atoms with E-state index in [9.17, 15) is 31.9 Å². The van der Waals surface area contributed by atoms with E-state index in [0.29, 0.717) is 79.0 Å². The van der Waals surface area contributed by atoms with Gasteiger partial charge in [0.15, 0.2) is 17.0 Å². The third-order valence-electron chi connectivity index (χ3n) is 11.4. The monoisotopic (exact) mass is 735 g/mol. The van der Waals surface area contributed by atoms with Crippen LogP contribution < -0.4 is 9.64 Å². The van der Waals surface area contributed by atoms with Gasteiger partial charge in [-0.05, 0) is 80.8 Å². The van der Waals surface area contributed by atoms with Crippen LogP contribution in [0.25, 0.3) is 21.9 Å². The second-order valence-corrected chi connectivity index (χ2v) is 14.9. The molecule has 10 nitrogen and oxygen atoms in total. The lowest BCUT2D eigenvalue weighted by Gasteiger charge is -2.40. The number of phenols is 1. The minimum Gasteiger partial charge on any atom is -0.508 e. The molecule has 278 valence electrons. The van der Waals surface area contributed by atoms with Gasteiger partial charge < -0.3 is 29.1 Å². The Bertz CT molecular complexity index is 2140. The predicted molar refractivity (Wildman–Crippen MR) is 186 cm³/mol. The minimum absolute atomic E-state index is 0.0259. The molecular formula is C38H38F5N7O3. The minimum atomic E-state index is -4.18. The number of imidazole rings is 1. The summed E-state index contributed by atoms with van der Waals surface area (Å²) in [5.74, 6) is -0.583. The number of hydrogen-bond acceptors (Lipinski definition) is 8. The van der Waals surface area contributed by atoms with Gasteiger partial charge in [0.1, 0.15) is 11.6 Å². The lowest BCUT2D eigenvalue weighted by atomic mass is 9.95. The van der Waals surface area contributed by atoms with Crippen molar-refractivity contribution >= 4 is 33.8 Å². The van der Waals surface area contributed by atoms with Gasteiger partial charge in [0.2, 0.25) is 11.8 Å². The number of aromatic nitrogens is 4. The number of aromatic hydroxyl groups is 1. The lowest BCUT2D eigenvalue weighted by molar-refractivity contribution is -0.185. The molecule has 1 aliphatic carbocycles. The molecule has 53 heavy (non-hydrogen) atoms. The second kappa shape index (κ2) is 13.2. The summed E-state index contributed by atoms with van der Waals surface area (Å²) in [6.07, 6.45) is 6.36. The summed E-state index contributed by atoms with van der Waals surface area (Å²) in [5, 5.41) is 11.6. The molecule has 2 aromatic heterocycles. The van der Waals surface area contributed by atoms with Crippen molar-refractivity contribution < 1.29 is 36.6 Å². The molecule has 2 unspecified atom stereocenters. The van der Waals surface area contributed by atoms with Crippen LogP contribution in [0.4, 0.5) is 27.9 Å². The summed E-state index contributed by atoms with van der Waals surface area (Å²) < 4.78 is 76.9. The number of rotatable bonds is 9. The Morgan fingerprint density at radius 2 is 1.81 bits per heavy atom. The first-order valence-electron chi connectivity index (χ1n) is 17.8. The van der Waals surface area contributed by atoms with E-state index in [1.165, 1.54) is 18.2 Å². The molecule has 1 N–H and O–H groups in total. The molecule has 2 bridgehead atoms. The first-order valence-corrected chi connectivity index (χ1v) is 17.8. The highest BCUT2D eigenvalue weighted by molar-refractivity contribution is 5.93. The summed E-state index contributed by atoms with van der Waals surface area (Å²) in [5.41, 5.74) is 1.15. The molecule has 4 aliphatic rings. The lowest BCUT2D eigenvalue weighted by Crippen LogP contribution is -2.56. The quantitative estimate of drug-likeness (QED) is 0.128. The molecular weight excluding hydrogens is 697 g/mol. The number of carbonyl (C=O) groups excluding carboxylic acids is 1. The van der Waals surface area contributed by atoms with E-state index in [-0.39, 0.29) is 60.7 Å². The van der Waals surface area contributed by atoms with Gasteiger partial charge in [-0.3, -0.25) is 4.79 Å². The molecule has 4 fully saturated rings. The second-order valence-electron chi connectivity index (χ2n) is 14.9. The average Bonchev–Trinajstić information content (AvgIpc) is 3.69. The van der Waals surface area contributed by atoms with E-state index >= 15 is 0 Å². The Morgan fingerprint density at radius 1 is 1.09 bits per heavy atom. The van der Waals surface area contributed by atoms with E-state index in [1.807, 2.05) is 4.90 Å². The SMILES string of the molecule is C#Cc1c(F)ccc2cc(O)cc(Cn3cnc4c(OCC5(CN6CCC(C(F)(F)F)CC6)CC5)nc(N5CC6CCC(C5)N6C(=O)C(=C)F)nc43)c12. The van der Waals surface area contributed by atoms with Crippen LogP contribution in [0.15, 0.2) is 43.0 Å². The fraction of sp³-hybridized carbons (Fsp3) is 0.474. The van der Waals surface area contributed by atoms with Crippen molar-refractivity contribution in [3.63, 3.8) is 0 Å². The van der Waals surface area contributed by atoms with E-state index in [4.69, 9.17) is 21.1 Å². The van der Waals surface area contributed by atoms with E-state index in [0.717, 1.165) is 12.8 Å². The standard InChI is InChI=1S/C38H38F5N7O3/c1-3-29-30(40)7-4-23-14-28(51)15-24(31(23)29)16-49-21-44-32-33(49)45-36(48-17-26-5-6-27(18-48)50(26)35(52)22(2)39)46-34(32)53-20-37(10-11-37)19-47-12-8-25(9-13-47)38(41,42)43/h1,4,7,14-15,21,25-27,51H,2,5-6,8-13,16-20H2. The van der Waals surface area contributed by atoms with Crippen molar-refractivity contribution in [3.8, 4) is 24.0 Å². The zero-order valence-corrected chi connectivity index (χ0v) is 28.9. The molecule has 3 saturated heterocycles. The van der Waals surface area contributed by atoms with Crippen molar-refractivity contribution in [1.29, 1.82) is 0 Å². The highest BCUT2D eigenvalue weighted by atomic mass is 19.4. The summed E-state index contributed by atoms with van der Waals surface area (Å²) >= 11 is 0. The molecule has 15 heteroatoms. The maximum absolute atomic E-state index is 14.9. The van der Waals surface area contributed by atoms with Crippen molar-refractivity contribution in [2.45, 2.75) is 63.3 Å². The molecule has 2 atom stereocenters. The van der Waals surface area contributed by atoms with Gasteiger partial charge in [0.05, 0.1) is 43.0 Å². The number of terminal acetylenes is 1. The van der Waals surface area contributed by atoms with Gasteiger partial charge in [0.25, 0.3) is 5.91 Å². The molecule has 1 saturated carbocycles. The number of piperazine rings is 1. The maximum atomic E-state index is 14.9. The van der Waals surface area contributed by atoms with Gasteiger partial charge in [-0.1, -0.05) is 18.6 Å². The predicted octanol–water partition coefficient (Wildman–Crippen LogP) is 5.95.